The lowest BCUT2D eigenvalue weighted by molar-refractivity contribution is 0.118. The lowest BCUT2D eigenvalue weighted by Gasteiger charge is -2.37. The van der Waals surface area contributed by atoms with E-state index in [1.54, 1.807) is 0 Å². The molecule has 0 unspecified atom stereocenters. The van der Waals surface area contributed by atoms with Crippen LogP contribution >= 0.6 is 0 Å². The van der Waals surface area contributed by atoms with Gasteiger partial charge in [0.15, 0.2) is 0 Å². The maximum atomic E-state index is 5.86. The van der Waals surface area contributed by atoms with Gasteiger partial charge < -0.3 is 5.73 Å². The fourth-order valence-electron chi connectivity index (χ4n) is 1.88. The summed E-state index contributed by atoms with van der Waals surface area (Å²) in [6.07, 6.45) is 5.22. The molecule has 1 aromatic heterocycles. The van der Waals surface area contributed by atoms with Crippen LogP contribution in [0.3, 0.4) is 0 Å². The SMILES string of the molecule is CCCN(Cc1cnn(CC)c1)C(C)(C)CN. The van der Waals surface area contributed by atoms with Gasteiger partial charge in [0.2, 0.25) is 0 Å². The number of nitrogens with zero attached hydrogens (tertiary/aromatic N) is 3. The topological polar surface area (TPSA) is 47.1 Å². The van der Waals surface area contributed by atoms with Crippen LogP contribution in [0.4, 0.5) is 0 Å². The van der Waals surface area contributed by atoms with Crippen molar-refractivity contribution < 1.29 is 0 Å². The minimum atomic E-state index is 0.0460. The molecule has 0 radical (unpaired) electrons. The minimum Gasteiger partial charge on any atom is -0.329 e. The van der Waals surface area contributed by atoms with Crippen LogP contribution in [0.5, 0.6) is 0 Å². The summed E-state index contributed by atoms with van der Waals surface area (Å²) in [7, 11) is 0. The summed E-state index contributed by atoms with van der Waals surface area (Å²) in [5.74, 6) is 0. The van der Waals surface area contributed by atoms with Crippen molar-refractivity contribution in [2.45, 2.75) is 52.7 Å². The fraction of sp³-hybridized carbons (Fsp3) is 0.769. The first-order chi connectivity index (χ1) is 8.03. The summed E-state index contributed by atoms with van der Waals surface area (Å²) in [5.41, 5.74) is 7.17. The normalized spacial score (nSPS) is 12.4. The highest BCUT2D eigenvalue weighted by Crippen LogP contribution is 2.17. The van der Waals surface area contributed by atoms with Crippen LogP contribution in [-0.4, -0.2) is 33.3 Å². The number of aryl methyl sites for hydroxylation is 1. The molecule has 0 bridgehead atoms. The van der Waals surface area contributed by atoms with Gasteiger partial charge in [0, 0.05) is 36.9 Å². The molecule has 1 heterocycles. The molecule has 0 atom stereocenters. The Morgan fingerprint density at radius 1 is 1.41 bits per heavy atom. The lowest BCUT2D eigenvalue weighted by atomic mass is 10.0. The molecule has 2 N–H and O–H groups in total. The van der Waals surface area contributed by atoms with Gasteiger partial charge >= 0.3 is 0 Å². The Balaban J connectivity index is 2.72. The zero-order chi connectivity index (χ0) is 12.9. The number of nitrogens with two attached hydrogens (primary N) is 1. The van der Waals surface area contributed by atoms with Gasteiger partial charge in [0.1, 0.15) is 0 Å². The number of aromatic nitrogens is 2. The van der Waals surface area contributed by atoms with E-state index >= 15 is 0 Å². The Bertz CT molecular complexity index is 330. The van der Waals surface area contributed by atoms with Crippen molar-refractivity contribution in [1.82, 2.24) is 14.7 Å². The average Bonchev–Trinajstić information content (AvgIpc) is 2.76. The minimum absolute atomic E-state index is 0.0460. The monoisotopic (exact) mass is 238 g/mol. The van der Waals surface area contributed by atoms with Crippen LogP contribution in [0.25, 0.3) is 0 Å². The lowest BCUT2D eigenvalue weighted by Crippen LogP contribution is -2.49. The maximum Gasteiger partial charge on any atom is 0.0534 e. The molecule has 0 fully saturated rings. The quantitative estimate of drug-likeness (QED) is 0.788. The van der Waals surface area contributed by atoms with E-state index in [1.165, 1.54) is 5.56 Å². The number of rotatable bonds is 7. The van der Waals surface area contributed by atoms with E-state index in [0.29, 0.717) is 6.54 Å². The van der Waals surface area contributed by atoms with Crippen LogP contribution in [0.15, 0.2) is 12.4 Å². The van der Waals surface area contributed by atoms with E-state index in [9.17, 15) is 0 Å². The standard InChI is InChI=1S/C13H26N4/c1-5-7-16(13(3,4)11-14)9-12-8-15-17(6-2)10-12/h8,10H,5-7,9,11,14H2,1-4H3. The van der Waals surface area contributed by atoms with Gasteiger partial charge in [0.05, 0.1) is 6.20 Å². The zero-order valence-corrected chi connectivity index (χ0v) is 11.6. The van der Waals surface area contributed by atoms with Crippen LogP contribution in [-0.2, 0) is 13.1 Å². The van der Waals surface area contributed by atoms with Gasteiger partial charge in [-0.1, -0.05) is 6.92 Å². The van der Waals surface area contributed by atoms with Gasteiger partial charge in [-0.3, -0.25) is 9.58 Å². The highest BCUT2D eigenvalue weighted by atomic mass is 15.3. The molecule has 0 amide bonds. The van der Waals surface area contributed by atoms with Gasteiger partial charge in [0.25, 0.3) is 0 Å². The molecule has 17 heavy (non-hydrogen) atoms. The second kappa shape index (κ2) is 6.17. The molecule has 1 rings (SSSR count). The third-order valence-corrected chi connectivity index (χ3v) is 3.23. The van der Waals surface area contributed by atoms with Crippen molar-refractivity contribution in [3.8, 4) is 0 Å². The van der Waals surface area contributed by atoms with Gasteiger partial charge in [-0.25, -0.2) is 0 Å². The predicted octanol–water partition coefficient (Wildman–Crippen LogP) is 1.85. The Labute approximate surface area is 105 Å². The molecule has 4 heteroatoms. The Morgan fingerprint density at radius 3 is 2.59 bits per heavy atom. The van der Waals surface area contributed by atoms with Crippen molar-refractivity contribution in [2.75, 3.05) is 13.1 Å². The molecule has 0 aliphatic heterocycles. The summed E-state index contributed by atoms with van der Waals surface area (Å²) in [4.78, 5) is 2.43. The van der Waals surface area contributed by atoms with Crippen LogP contribution in [0.2, 0.25) is 0 Å². The Morgan fingerprint density at radius 2 is 2.12 bits per heavy atom. The maximum absolute atomic E-state index is 5.86. The average molecular weight is 238 g/mol. The first kappa shape index (κ1) is 14.2. The van der Waals surface area contributed by atoms with Crippen molar-refractivity contribution >= 4 is 0 Å². The molecule has 0 spiro atoms. The van der Waals surface area contributed by atoms with Crippen LogP contribution in [0.1, 0.15) is 39.7 Å². The summed E-state index contributed by atoms with van der Waals surface area (Å²) < 4.78 is 1.97. The first-order valence-electron chi connectivity index (χ1n) is 6.50. The molecule has 0 saturated heterocycles. The van der Waals surface area contributed by atoms with Crippen molar-refractivity contribution in [3.05, 3.63) is 18.0 Å². The van der Waals surface area contributed by atoms with Crippen molar-refractivity contribution in [3.63, 3.8) is 0 Å². The van der Waals surface area contributed by atoms with Gasteiger partial charge in [-0.15, -0.1) is 0 Å². The molecule has 1 aromatic rings. The van der Waals surface area contributed by atoms with E-state index in [-0.39, 0.29) is 5.54 Å². The molecule has 98 valence electrons. The summed E-state index contributed by atoms with van der Waals surface area (Å²) >= 11 is 0. The van der Waals surface area contributed by atoms with E-state index in [1.807, 2.05) is 10.9 Å². The molecule has 0 aliphatic carbocycles. The van der Waals surface area contributed by atoms with Crippen LogP contribution < -0.4 is 5.73 Å². The second-order valence-corrected chi connectivity index (χ2v) is 5.14. The van der Waals surface area contributed by atoms with Crippen molar-refractivity contribution in [2.24, 2.45) is 5.73 Å². The van der Waals surface area contributed by atoms with Crippen molar-refractivity contribution in [1.29, 1.82) is 0 Å². The Hall–Kier alpha value is -0.870. The highest BCUT2D eigenvalue weighted by Gasteiger charge is 2.24. The molecule has 0 aromatic carbocycles. The molecule has 4 nitrogen and oxygen atoms in total. The van der Waals surface area contributed by atoms with E-state index < -0.39 is 0 Å². The Kier molecular flexibility index (Phi) is 5.15. The zero-order valence-electron chi connectivity index (χ0n) is 11.6. The number of hydrogen-bond acceptors (Lipinski definition) is 3. The molecule has 0 saturated carbocycles. The second-order valence-electron chi connectivity index (χ2n) is 5.14. The predicted molar refractivity (Wildman–Crippen MR) is 71.7 cm³/mol. The largest absolute Gasteiger partial charge is 0.329 e. The van der Waals surface area contributed by atoms with E-state index in [2.05, 4.69) is 43.9 Å². The first-order valence-corrected chi connectivity index (χ1v) is 6.50. The highest BCUT2D eigenvalue weighted by molar-refractivity contribution is 5.05. The molecular formula is C13H26N4. The smallest absolute Gasteiger partial charge is 0.0534 e. The third-order valence-electron chi connectivity index (χ3n) is 3.23. The van der Waals surface area contributed by atoms with E-state index in [0.717, 1.165) is 26.1 Å². The van der Waals surface area contributed by atoms with E-state index in [4.69, 9.17) is 5.73 Å². The van der Waals surface area contributed by atoms with Gasteiger partial charge in [-0.05, 0) is 33.7 Å². The summed E-state index contributed by atoms with van der Waals surface area (Å²) in [6, 6.07) is 0. The summed E-state index contributed by atoms with van der Waals surface area (Å²) in [6.45, 7) is 12.3. The molecular weight excluding hydrogens is 212 g/mol. The third kappa shape index (κ3) is 3.82. The summed E-state index contributed by atoms with van der Waals surface area (Å²) in [5, 5.41) is 4.31. The fourth-order valence-corrected chi connectivity index (χ4v) is 1.88. The molecule has 0 aliphatic rings. The van der Waals surface area contributed by atoms with Gasteiger partial charge in [-0.2, -0.15) is 5.10 Å². The van der Waals surface area contributed by atoms with Crippen LogP contribution in [0, 0.1) is 0 Å². The number of hydrogen-bond donors (Lipinski definition) is 1.